The summed E-state index contributed by atoms with van der Waals surface area (Å²) in [7, 11) is 0. The van der Waals surface area contributed by atoms with E-state index in [9.17, 15) is 4.79 Å². The van der Waals surface area contributed by atoms with E-state index in [0.29, 0.717) is 11.6 Å². The fourth-order valence-corrected chi connectivity index (χ4v) is 1.29. The Morgan fingerprint density at radius 2 is 2.40 bits per heavy atom. The standard InChI is InChI=1S/C9H8N4OS/c14-8(15)4-7-11-9(13-12-7)6-2-1-3-10-5-6/h1-3,5H,4H2,(H,14,15)(H,11,12,13). The van der Waals surface area contributed by atoms with Gasteiger partial charge in [-0.1, -0.05) is 0 Å². The zero-order chi connectivity index (χ0) is 10.7. The number of rotatable bonds is 3. The summed E-state index contributed by atoms with van der Waals surface area (Å²) in [5.74, 6) is 1.04. The molecule has 0 radical (unpaired) electrons. The Morgan fingerprint density at radius 3 is 3.07 bits per heavy atom. The third kappa shape index (κ3) is 2.41. The first-order valence-electron chi connectivity index (χ1n) is 4.29. The SMILES string of the molecule is O=C(S)Cc1nc(-c2cccnc2)n[nH]1. The van der Waals surface area contributed by atoms with Crippen LogP contribution < -0.4 is 0 Å². The number of nitrogens with zero attached hydrogens (tertiary/aromatic N) is 3. The molecule has 2 heterocycles. The number of nitrogens with one attached hydrogen (secondary N) is 1. The van der Waals surface area contributed by atoms with E-state index < -0.39 is 0 Å². The molecule has 2 rings (SSSR count). The first-order chi connectivity index (χ1) is 7.25. The lowest BCUT2D eigenvalue weighted by atomic mass is 10.3. The average Bonchev–Trinajstić information content (AvgIpc) is 2.67. The van der Waals surface area contributed by atoms with Crippen LogP contribution in [0.1, 0.15) is 5.82 Å². The van der Waals surface area contributed by atoms with Gasteiger partial charge in [0.05, 0.1) is 6.42 Å². The molecule has 0 bridgehead atoms. The van der Waals surface area contributed by atoms with Gasteiger partial charge < -0.3 is 0 Å². The van der Waals surface area contributed by atoms with Gasteiger partial charge in [0.2, 0.25) is 0 Å². The summed E-state index contributed by atoms with van der Waals surface area (Å²) in [4.78, 5) is 18.8. The highest BCUT2D eigenvalue weighted by atomic mass is 32.1. The Hall–Kier alpha value is -1.69. The number of hydrogen-bond acceptors (Lipinski definition) is 4. The number of carbonyl (C=O) groups is 1. The van der Waals surface area contributed by atoms with Crippen molar-refractivity contribution in [3.63, 3.8) is 0 Å². The smallest absolute Gasteiger partial charge is 0.193 e. The summed E-state index contributed by atoms with van der Waals surface area (Å²) in [6.45, 7) is 0. The molecule has 0 aliphatic rings. The van der Waals surface area contributed by atoms with Crippen LogP contribution in [0.25, 0.3) is 11.4 Å². The van der Waals surface area contributed by atoms with E-state index in [1.807, 2.05) is 6.07 Å². The molecule has 0 amide bonds. The van der Waals surface area contributed by atoms with E-state index in [2.05, 4.69) is 32.8 Å². The van der Waals surface area contributed by atoms with Crippen LogP contribution in [0.15, 0.2) is 24.5 Å². The molecule has 0 atom stereocenters. The maximum absolute atomic E-state index is 10.7. The van der Waals surface area contributed by atoms with Crippen LogP contribution >= 0.6 is 12.6 Å². The maximum atomic E-state index is 10.7. The van der Waals surface area contributed by atoms with E-state index in [1.165, 1.54) is 0 Å². The summed E-state index contributed by atoms with van der Waals surface area (Å²) >= 11 is 3.67. The van der Waals surface area contributed by atoms with Gasteiger partial charge in [-0.15, -0.1) is 12.6 Å². The molecule has 0 unspecified atom stereocenters. The molecule has 0 saturated heterocycles. The molecule has 0 fully saturated rings. The van der Waals surface area contributed by atoms with Crippen molar-refractivity contribution < 1.29 is 4.79 Å². The molecule has 1 N–H and O–H groups in total. The number of pyridine rings is 1. The van der Waals surface area contributed by atoms with Crippen molar-refractivity contribution in [1.29, 1.82) is 0 Å². The van der Waals surface area contributed by atoms with Crippen molar-refractivity contribution in [3.05, 3.63) is 30.4 Å². The monoisotopic (exact) mass is 220 g/mol. The third-order valence-electron chi connectivity index (χ3n) is 1.77. The minimum Gasteiger partial charge on any atom is -0.287 e. The first kappa shape index (κ1) is 9.85. The molecule has 76 valence electrons. The van der Waals surface area contributed by atoms with Crippen LogP contribution in [0.5, 0.6) is 0 Å². The number of thiol groups is 1. The number of H-pyrrole nitrogens is 1. The summed E-state index contributed by atoms with van der Waals surface area (Å²) in [5, 5.41) is 6.41. The molecule has 0 aliphatic carbocycles. The van der Waals surface area contributed by atoms with Gasteiger partial charge >= 0.3 is 0 Å². The summed E-state index contributed by atoms with van der Waals surface area (Å²) in [5.41, 5.74) is 0.812. The van der Waals surface area contributed by atoms with Gasteiger partial charge in [0.1, 0.15) is 5.82 Å². The average molecular weight is 220 g/mol. The molecule has 5 nitrogen and oxygen atoms in total. The highest BCUT2D eigenvalue weighted by Crippen LogP contribution is 2.12. The van der Waals surface area contributed by atoms with Gasteiger partial charge in [0.15, 0.2) is 10.9 Å². The molecule has 0 aromatic carbocycles. The van der Waals surface area contributed by atoms with Crippen LogP contribution in [0.2, 0.25) is 0 Å². The van der Waals surface area contributed by atoms with E-state index in [4.69, 9.17) is 0 Å². The Kier molecular flexibility index (Phi) is 2.77. The molecule has 0 aliphatic heterocycles. The van der Waals surface area contributed by atoms with Gasteiger partial charge in [-0.25, -0.2) is 4.98 Å². The Balaban J connectivity index is 2.24. The Bertz CT molecular complexity index is 468. The molecular weight excluding hydrogens is 212 g/mol. The second-order valence-electron chi connectivity index (χ2n) is 2.92. The van der Waals surface area contributed by atoms with Gasteiger partial charge in [-0.05, 0) is 12.1 Å². The normalized spacial score (nSPS) is 10.2. The summed E-state index contributed by atoms with van der Waals surface area (Å²) in [6, 6.07) is 3.65. The zero-order valence-electron chi connectivity index (χ0n) is 7.71. The molecular formula is C9H8N4OS. The van der Waals surface area contributed by atoms with Gasteiger partial charge in [-0.3, -0.25) is 14.9 Å². The van der Waals surface area contributed by atoms with Crippen LogP contribution in [0.3, 0.4) is 0 Å². The second kappa shape index (κ2) is 4.22. The van der Waals surface area contributed by atoms with E-state index in [-0.39, 0.29) is 11.5 Å². The Morgan fingerprint density at radius 1 is 1.53 bits per heavy atom. The van der Waals surface area contributed by atoms with E-state index in [0.717, 1.165) is 5.56 Å². The summed E-state index contributed by atoms with van der Waals surface area (Å²) < 4.78 is 0. The molecule has 2 aromatic heterocycles. The predicted molar refractivity (Wildman–Crippen MR) is 57.3 cm³/mol. The fraction of sp³-hybridized carbons (Fsp3) is 0.111. The second-order valence-corrected chi connectivity index (χ2v) is 3.42. The van der Waals surface area contributed by atoms with Crippen LogP contribution in [-0.2, 0) is 11.2 Å². The van der Waals surface area contributed by atoms with Crippen LogP contribution in [-0.4, -0.2) is 25.3 Å². The van der Waals surface area contributed by atoms with Gasteiger partial charge in [0, 0.05) is 18.0 Å². The highest BCUT2D eigenvalue weighted by Gasteiger charge is 2.07. The van der Waals surface area contributed by atoms with E-state index in [1.54, 1.807) is 18.5 Å². The van der Waals surface area contributed by atoms with Crippen molar-refractivity contribution in [1.82, 2.24) is 20.2 Å². The van der Waals surface area contributed by atoms with E-state index >= 15 is 0 Å². The minimum atomic E-state index is -0.246. The van der Waals surface area contributed by atoms with Crippen molar-refractivity contribution >= 4 is 17.7 Å². The minimum absolute atomic E-state index is 0.149. The molecule has 0 spiro atoms. The van der Waals surface area contributed by atoms with Crippen LogP contribution in [0, 0.1) is 0 Å². The number of carbonyl (C=O) groups excluding carboxylic acids is 1. The number of aromatic amines is 1. The number of hydrogen-bond donors (Lipinski definition) is 2. The quantitative estimate of drug-likeness (QED) is 0.753. The van der Waals surface area contributed by atoms with Crippen molar-refractivity contribution in [2.24, 2.45) is 0 Å². The molecule has 0 saturated carbocycles. The van der Waals surface area contributed by atoms with Gasteiger partial charge in [0.25, 0.3) is 0 Å². The lowest BCUT2D eigenvalue weighted by Gasteiger charge is -1.90. The zero-order valence-corrected chi connectivity index (χ0v) is 8.61. The number of aromatic nitrogens is 4. The summed E-state index contributed by atoms with van der Waals surface area (Å²) in [6.07, 6.45) is 3.49. The van der Waals surface area contributed by atoms with Crippen molar-refractivity contribution in [2.75, 3.05) is 0 Å². The molecule has 2 aromatic rings. The lowest BCUT2D eigenvalue weighted by molar-refractivity contribution is -0.110. The van der Waals surface area contributed by atoms with Crippen molar-refractivity contribution in [2.45, 2.75) is 6.42 Å². The van der Waals surface area contributed by atoms with Crippen LogP contribution in [0.4, 0.5) is 0 Å². The van der Waals surface area contributed by atoms with Crippen molar-refractivity contribution in [3.8, 4) is 11.4 Å². The fourth-order valence-electron chi connectivity index (χ4n) is 1.14. The topological polar surface area (TPSA) is 71.5 Å². The predicted octanol–water partition coefficient (Wildman–Crippen LogP) is 0.866. The first-order valence-corrected chi connectivity index (χ1v) is 4.74. The highest BCUT2D eigenvalue weighted by molar-refractivity contribution is 7.96. The lowest BCUT2D eigenvalue weighted by Crippen LogP contribution is -1.95. The maximum Gasteiger partial charge on any atom is 0.193 e. The largest absolute Gasteiger partial charge is 0.287 e. The third-order valence-corrected chi connectivity index (χ3v) is 1.93. The van der Waals surface area contributed by atoms with Gasteiger partial charge in [-0.2, -0.15) is 5.10 Å². The molecule has 15 heavy (non-hydrogen) atoms. The Labute approximate surface area is 91.4 Å². The molecule has 6 heteroatoms.